The molecule has 18 heavy (non-hydrogen) atoms. The average Bonchev–Trinajstić information content (AvgIpc) is 3.23. The van der Waals surface area contributed by atoms with Crippen molar-refractivity contribution in [1.29, 1.82) is 0 Å². The smallest absolute Gasteiger partial charge is 0.138 e. The van der Waals surface area contributed by atoms with Gasteiger partial charge in [0.15, 0.2) is 0 Å². The monoisotopic (exact) mass is 242 g/mol. The van der Waals surface area contributed by atoms with Crippen molar-refractivity contribution in [2.45, 2.75) is 18.8 Å². The standard InChI is InChI=1S/C15H18N2O/c1-3-17-8-9-18-14-7-6-12(11-4-5-11)10-13(14)15(17)16-2/h3,6-7,10-11H,1,4-5,8-9H2,2H3. The minimum absolute atomic E-state index is 0.667. The second-order valence-corrected chi connectivity index (χ2v) is 4.80. The Morgan fingerprint density at radius 1 is 1.44 bits per heavy atom. The van der Waals surface area contributed by atoms with Crippen molar-refractivity contribution in [3.63, 3.8) is 0 Å². The van der Waals surface area contributed by atoms with Gasteiger partial charge in [0, 0.05) is 7.05 Å². The van der Waals surface area contributed by atoms with Crippen LogP contribution >= 0.6 is 0 Å². The SMILES string of the molecule is C=CN1CCOc2ccc(C3CC3)cc2C1=NC. The van der Waals surface area contributed by atoms with Gasteiger partial charge in [-0.25, -0.2) is 0 Å². The Hall–Kier alpha value is -1.77. The maximum absolute atomic E-state index is 5.80. The van der Waals surface area contributed by atoms with Crippen LogP contribution in [-0.2, 0) is 0 Å². The zero-order valence-electron chi connectivity index (χ0n) is 10.7. The first-order valence-corrected chi connectivity index (χ1v) is 6.46. The summed E-state index contributed by atoms with van der Waals surface area (Å²) in [4.78, 5) is 6.47. The summed E-state index contributed by atoms with van der Waals surface area (Å²) in [7, 11) is 1.82. The Labute approximate surface area is 108 Å². The molecule has 3 heteroatoms. The number of benzene rings is 1. The van der Waals surface area contributed by atoms with Crippen molar-refractivity contribution in [3.8, 4) is 5.75 Å². The molecule has 0 saturated heterocycles. The quantitative estimate of drug-likeness (QED) is 0.796. The van der Waals surface area contributed by atoms with Gasteiger partial charge in [-0.1, -0.05) is 12.6 Å². The van der Waals surface area contributed by atoms with Crippen molar-refractivity contribution in [1.82, 2.24) is 4.90 Å². The van der Waals surface area contributed by atoms with Crippen molar-refractivity contribution < 1.29 is 4.74 Å². The Morgan fingerprint density at radius 3 is 2.94 bits per heavy atom. The molecule has 1 aliphatic heterocycles. The minimum Gasteiger partial charge on any atom is -0.491 e. The van der Waals surface area contributed by atoms with Crippen LogP contribution in [-0.4, -0.2) is 30.9 Å². The van der Waals surface area contributed by atoms with E-state index in [0.717, 1.165) is 29.6 Å². The molecule has 1 saturated carbocycles. The minimum atomic E-state index is 0.667. The fourth-order valence-electron chi connectivity index (χ4n) is 2.46. The van der Waals surface area contributed by atoms with Crippen LogP contribution in [0.5, 0.6) is 5.75 Å². The van der Waals surface area contributed by atoms with Crippen molar-refractivity contribution in [2.75, 3.05) is 20.2 Å². The molecule has 3 nitrogen and oxygen atoms in total. The largest absolute Gasteiger partial charge is 0.491 e. The molecule has 1 aromatic carbocycles. The lowest BCUT2D eigenvalue weighted by Gasteiger charge is -2.18. The summed E-state index contributed by atoms with van der Waals surface area (Å²) in [6.07, 6.45) is 4.44. The summed E-state index contributed by atoms with van der Waals surface area (Å²) in [5.74, 6) is 2.64. The molecule has 0 aromatic heterocycles. The number of nitrogens with zero attached hydrogens (tertiary/aromatic N) is 2. The molecule has 1 heterocycles. The van der Waals surface area contributed by atoms with Gasteiger partial charge in [0.05, 0.1) is 12.1 Å². The van der Waals surface area contributed by atoms with Crippen molar-refractivity contribution in [3.05, 3.63) is 42.1 Å². The molecule has 94 valence electrons. The highest BCUT2D eigenvalue weighted by Gasteiger charge is 2.26. The number of amidine groups is 1. The summed E-state index contributed by atoms with van der Waals surface area (Å²) in [5.41, 5.74) is 2.50. The molecule has 0 radical (unpaired) electrons. The molecule has 3 rings (SSSR count). The molecule has 0 spiro atoms. The zero-order chi connectivity index (χ0) is 12.5. The van der Waals surface area contributed by atoms with E-state index >= 15 is 0 Å². The first-order chi connectivity index (χ1) is 8.83. The molecule has 0 amide bonds. The first kappa shape index (κ1) is 11.3. The third-order valence-corrected chi connectivity index (χ3v) is 3.59. The highest BCUT2D eigenvalue weighted by Crippen LogP contribution is 2.41. The van der Waals surface area contributed by atoms with Crippen LogP contribution in [0, 0.1) is 0 Å². The van der Waals surface area contributed by atoms with E-state index in [1.54, 1.807) is 0 Å². The number of ether oxygens (including phenoxy) is 1. The van der Waals surface area contributed by atoms with Gasteiger partial charge in [0.1, 0.15) is 18.2 Å². The average molecular weight is 242 g/mol. The van der Waals surface area contributed by atoms with Crippen LogP contribution < -0.4 is 4.74 Å². The zero-order valence-corrected chi connectivity index (χ0v) is 10.7. The number of hydrogen-bond donors (Lipinski definition) is 0. The summed E-state index contributed by atoms with van der Waals surface area (Å²) < 4.78 is 5.80. The summed E-state index contributed by atoms with van der Waals surface area (Å²) in [5, 5.41) is 0. The molecule has 0 atom stereocenters. The van der Waals surface area contributed by atoms with Gasteiger partial charge in [-0.2, -0.15) is 0 Å². The fourth-order valence-corrected chi connectivity index (χ4v) is 2.46. The maximum atomic E-state index is 5.80. The second kappa shape index (κ2) is 4.48. The summed E-state index contributed by atoms with van der Waals surface area (Å²) >= 11 is 0. The van der Waals surface area contributed by atoms with Crippen molar-refractivity contribution in [2.24, 2.45) is 4.99 Å². The van der Waals surface area contributed by atoms with Gasteiger partial charge in [-0.15, -0.1) is 0 Å². The highest BCUT2D eigenvalue weighted by molar-refractivity contribution is 6.02. The number of aliphatic imine (C=N–C) groups is 1. The first-order valence-electron chi connectivity index (χ1n) is 6.46. The third kappa shape index (κ3) is 1.90. The van der Waals surface area contributed by atoms with Crippen LogP contribution in [0.15, 0.2) is 36.0 Å². The van der Waals surface area contributed by atoms with Crippen LogP contribution in [0.25, 0.3) is 0 Å². The van der Waals surface area contributed by atoms with Crippen LogP contribution in [0.1, 0.15) is 29.9 Å². The molecule has 2 aliphatic rings. The van der Waals surface area contributed by atoms with E-state index in [1.165, 1.54) is 18.4 Å². The summed E-state index contributed by atoms with van der Waals surface area (Å²) in [6.45, 7) is 5.32. The Bertz CT molecular complexity index is 503. The lowest BCUT2D eigenvalue weighted by Crippen LogP contribution is -2.27. The third-order valence-electron chi connectivity index (χ3n) is 3.59. The van der Waals surface area contributed by atoms with E-state index in [-0.39, 0.29) is 0 Å². The number of hydrogen-bond acceptors (Lipinski definition) is 2. The molecule has 0 N–H and O–H groups in total. The Morgan fingerprint density at radius 2 is 2.28 bits per heavy atom. The van der Waals surface area contributed by atoms with E-state index in [2.05, 4.69) is 34.7 Å². The van der Waals surface area contributed by atoms with Gasteiger partial charge >= 0.3 is 0 Å². The molecule has 0 bridgehead atoms. The van der Waals surface area contributed by atoms with E-state index in [4.69, 9.17) is 4.74 Å². The number of fused-ring (bicyclic) bond motifs is 1. The number of rotatable bonds is 2. The van der Waals surface area contributed by atoms with E-state index in [9.17, 15) is 0 Å². The van der Waals surface area contributed by atoms with Gasteiger partial charge < -0.3 is 9.64 Å². The van der Waals surface area contributed by atoms with Gasteiger partial charge in [0.25, 0.3) is 0 Å². The molecular weight excluding hydrogens is 224 g/mol. The lowest BCUT2D eigenvalue weighted by atomic mass is 10.0. The normalized spacial score (nSPS) is 21.2. The van der Waals surface area contributed by atoms with E-state index < -0.39 is 0 Å². The van der Waals surface area contributed by atoms with Gasteiger partial charge in [0.2, 0.25) is 0 Å². The second-order valence-electron chi connectivity index (χ2n) is 4.80. The Balaban J connectivity index is 2.07. The lowest BCUT2D eigenvalue weighted by molar-refractivity contribution is 0.301. The van der Waals surface area contributed by atoms with Crippen LogP contribution in [0.4, 0.5) is 0 Å². The van der Waals surface area contributed by atoms with E-state index in [0.29, 0.717) is 6.61 Å². The van der Waals surface area contributed by atoms with Gasteiger partial charge in [-0.3, -0.25) is 4.99 Å². The van der Waals surface area contributed by atoms with E-state index in [1.807, 2.05) is 13.2 Å². The van der Waals surface area contributed by atoms with Crippen molar-refractivity contribution >= 4 is 5.84 Å². The maximum Gasteiger partial charge on any atom is 0.138 e. The predicted molar refractivity (Wildman–Crippen MR) is 73.3 cm³/mol. The topological polar surface area (TPSA) is 24.8 Å². The Kier molecular flexibility index (Phi) is 2.82. The predicted octanol–water partition coefficient (Wildman–Crippen LogP) is 2.78. The molecule has 0 unspecified atom stereocenters. The van der Waals surface area contributed by atoms with Crippen LogP contribution in [0.2, 0.25) is 0 Å². The molecule has 1 aliphatic carbocycles. The molecule has 1 fully saturated rings. The molecule has 1 aromatic rings. The van der Waals surface area contributed by atoms with Gasteiger partial charge in [-0.05, 0) is 42.7 Å². The van der Waals surface area contributed by atoms with Crippen LogP contribution in [0.3, 0.4) is 0 Å². The highest BCUT2D eigenvalue weighted by atomic mass is 16.5. The summed E-state index contributed by atoms with van der Waals surface area (Å²) in [6, 6.07) is 6.51. The molecular formula is C15H18N2O. The fraction of sp³-hybridized carbons (Fsp3) is 0.400.